The highest BCUT2D eigenvalue weighted by molar-refractivity contribution is 7.47. The number of aliphatic hydroxyl groups is 1. The molecule has 0 aromatic heterocycles. The fourth-order valence-electron chi connectivity index (χ4n) is 10.1. The van der Waals surface area contributed by atoms with Crippen molar-refractivity contribution < 1.29 is 80.2 Å². The predicted molar refractivity (Wildman–Crippen MR) is 390 cm³/mol. The van der Waals surface area contributed by atoms with E-state index in [1.54, 1.807) is 0 Å². The van der Waals surface area contributed by atoms with Crippen LogP contribution in [0.4, 0.5) is 0 Å². The molecule has 0 fully saturated rings. The van der Waals surface area contributed by atoms with E-state index in [2.05, 4.69) is 113 Å². The summed E-state index contributed by atoms with van der Waals surface area (Å²) < 4.78 is 68.4. The first-order valence-electron chi connectivity index (χ1n) is 37.8. The molecule has 0 radical (unpaired) electrons. The quantitative estimate of drug-likeness (QED) is 0.0169. The van der Waals surface area contributed by atoms with Crippen molar-refractivity contribution in [3.8, 4) is 0 Å². The van der Waals surface area contributed by atoms with Crippen LogP contribution in [0.1, 0.15) is 323 Å². The number of aliphatic hydroxyl groups excluding tert-OH is 1. The van der Waals surface area contributed by atoms with Crippen molar-refractivity contribution in [2.45, 2.75) is 341 Å². The molecule has 0 saturated heterocycles. The van der Waals surface area contributed by atoms with Crippen LogP contribution in [0, 0.1) is 0 Å². The van der Waals surface area contributed by atoms with Gasteiger partial charge < -0.3 is 33.8 Å². The Bertz CT molecular complexity index is 2160. The molecule has 0 aromatic carbocycles. The zero-order valence-electron chi connectivity index (χ0n) is 60.5. The standard InChI is InChI=1S/C77H136O17P2/c1-5-9-13-17-21-25-29-33-35-39-41-45-49-53-57-61-74(79)87-67-72(93-76(81)63-59-55-51-47-43-37-31-27-23-19-15-11-7-3)69-91-95(83,84)89-65-71(78)66-90-96(85,86)92-70-73(94-77(82)64-60-56-52-48-44-38-32-28-24-20-16-12-8-4)68-88-75(80)62-58-54-50-46-42-40-36-34-30-26-22-18-14-10-6-2/h9,13,15,19,21,25,27,31,33-36,41,45,71-73,78H,5-8,10-12,14,16-18,20,22-24,26,28-30,32,37-40,42-44,46-70H2,1-4H3,(H,83,84)(H,85,86)/b13-9-,19-15-,25-21-,31-27-,35-33-,36-34-,45-41-. The number of unbranched alkanes of at least 4 members (excludes halogenated alkanes) is 31. The summed E-state index contributed by atoms with van der Waals surface area (Å²) in [6.45, 7) is 4.64. The average Bonchev–Trinajstić information content (AvgIpc) is 1.14. The lowest BCUT2D eigenvalue weighted by molar-refractivity contribution is -0.161. The topological polar surface area (TPSA) is 237 Å². The largest absolute Gasteiger partial charge is 0.472 e. The van der Waals surface area contributed by atoms with E-state index in [0.29, 0.717) is 25.7 Å². The third kappa shape index (κ3) is 68.8. The van der Waals surface area contributed by atoms with Gasteiger partial charge in [0.25, 0.3) is 0 Å². The molecule has 0 rings (SSSR count). The highest BCUT2D eigenvalue weighted by Gasteiger charge is 2.30. The highest BCUT2D eigenvalue weighted by Crippen LogP contribution is 2.45. The van der Waals surface area contributed by atoms with Gasteiger partial charge in [-0.15, -0.1) is 0 Å². The van der Waals surface area contributed by atoms with Crippen molar-refractivity contribution >= 4 is 39.5 Å². The van der Waals surface area contributed by atoms with E-state index >= 15 is 0 Å². The lowest BCUT2D eigenvalue weighted by Gasteiger charge is -2.21. The van der Waals surface area contributed by atoms with Crippen LogP contribution in [0.25, 0.3) is 0 Å². The van der Waals surface area contributed by atoms with Crippen molar-refractivity contribution in [2.24, 2.45) is 0 Å². The second kappa shape index (κ2) is 69.7. The minimum absolute atomic E-state index is 0.0702. The molecule has 17 nitrogen and oxygen atoms in total. The molecule has 0 saturated carbocycles. The zero-order chi connectivity index (χ0) is 70.4. The van der Waals surface area contributed by atoms with Gasteiger partial charge >= 0.3 is 39.5 Å². The van der Waals surface area contributed by atoms with Crippen LogP contribution < -0.4 is 0 Å². The van der Waals surface area contributed by atoms with Gasteiger partial charge in [-0.2, -0.15) is 0 Å². The average molecular weight is 1400 g/mol. The van der Waals surface area contributed by atoms with E-state index in [0.717, 1.165) is 154 Å². The Balaban J connectivity index is 5.36. The molecular formula is C77H136O17P2. The lowest BCUT2D eigenvalue weighted by Crippen LogP contribution is -2.30. The van der Waals surface area contributed by atoms with Crippen LogP contribution >= 0.6 is 15.6 Å². The Hall–Kier alpha value is -3.76. The molecule has 19 heteroatoms. The van der Waals surface area contributed by atoms with Gasteiger partial charge in [-0.1, -0.05) is 267 Å². The van der Waals surface area contributed by atoms with E-state index in [1.165, 1.54) is 89.9 Å². The third-order valence-corrected chi connectivity index (χ3v) is 17.7. The predicted octanol–water partition coefficient (Wildman–Crippen LogP) is 21.4. The first-order valence-corrected chi connectivity index (χ1v) is 40.8. The van der Waals surface area contributed by atoms with Gasteiger partial charge in [0.05, 0.1) is 26.4 Å². The second-order valence-electron chi connectivity index (χ2n) is 25.2. The molecule has 0 aliphatic heterocycles. The summed E-state index contributed by atoms with van der Waals surface area (Å²) in [5, 5.41) is 10.6. The molecule has 0 aliphatic carbocycles. The number of esters is 4. The number of phosphoric ester groups is 2. The Kier molecular flexibility index (Phi) is 67.0. The molecule has 0 spiro atoms. The number of rotatable bonds is 71. The summed E-state index contributed by atoms with van der Waals surface area (Å²) in [4.78, 5) is 72.8. The number of hydrogen-bond acceptors (Lipinski definition) is 15. The van der Waals surface area contributed by atoms with Crippen molar-refractivity contribution in [1.29, 1.82) is 0 Å². The maximum Gasteiger partial charge on any atom is 0.472 e. The summed E-state index contributed by atoms with van der Waals surface area (Å²) in [5.41, 5.74) is 0. The summed E-state index contributed by atoms with van der Waals surface area (Å²) >= 11 is 0. The lowest BCUT2D eigenvalue weighted by atomic mass is 10.0. The monoisotopic (exact) mass is 1390 g/mol. The van der Waals surface area contributed by atoms with Crippen LogP contribution in [0.2, 0.25) is 0 Å². The van der Waals surface area contributed by atoms with Gasteiger partial charge in [0.1, 0.15) is 19.3 Å². The van der Waals surface area contributed by atoms with Crippen LogP contribution in [0.15, 0.2) is 85.1 Å². The molecule has 0 aliphatic rings. The van der Waals surface area contributed by atoms with Crippen LogP contribution in [0.5, 0.6) is 0 Å². The normalized spacial score (nSPS) is 14.4. The Morgan fingerprint density at radius 1 is 0.302 bits per heavy atom. The zero-order valence-corrected chi connectivity index (χ0v) is 62.3. The molecule has 5 atom stereocenters. The molecule has 0 heterocycles. The molecule has 0 bridgehead atoms. The van der Waals surface area contributed by atoms with E-state index < -0.39 is 97.5 Å². The van der Waals surface area contributed by atoms with Gasteiger partial charge in [-0.3, -0.25) is 37.3 Å². The summed E-state index contributed by atoms with van der Waals surface area (Å²) in [5.74, 6) is -2.23. The number of carbonyl (C=O) groups excluding carboxylic acids is 4. The minimum Gasteiger partial charge on any atom is -0.462 e. The van der Waals surface area contributed by atoms with E-state index in [1.807, 2.05) is 0 Å². The molecule has 96 heavy (non-hydrogen) atoms. The van der Waals surface area contributed by atoms with Gasteiger partial charge in [-0.05, 0) is 116 Å². The van der Waals surface area contributed by atoms with E-state index in [-0.39, 0.29) is 25.7 Å². The maximum atomic E-state index is 13.1. The molecular weight excluding hydrogens is 1260 g/mol. The molecule has 556 valence electrons. The number of hydrogen-bond donors (Lipinski definition) is 3. The number of ether oxygens (including phenoxy) is 4. The van der Waals surface area contributed by atoms with Gasteiger partial charge in [0, 0.05) is 25.7 Å². The van der Waals surface area contributed by atoms with Crippen molar-refractivity contribution in [3.63, 3.8) is 0 Å². The van der Waals surface area contributed by atoms with Crippen LogP contribution in [0.3, 0.4) is 0 Å². The Labute approximate surface area is 583 Å². The summed E-state index contributed by atoms with van der Waals surface area (Å²) in [7, 11) is -9.95. The van der Waals surface area contributed by atoms with E-state index in [9.17, 15) is 43.2 Å². The maximum absolute atomic E-state index is 13.1. The van der Waals surface area contributed by atoms with Crippen LogP contribution in [-0.2, 0) is 65.4 Å². The number of allylic oxidation sites excluding steroid dienone is 14. The summed E-state index contributed by atoms with van der Waals surface area (Å²) in [6.07, 6.45) is 70.1. The SMILES string of the molecule is CC/C=C\C/C=C\C/C=C\C/C=C\CCCCC(=O)OCC(COP(=O)(O)OCC(O)COP(=O)(O)OCC(COC(=O)CCCCCCC/C=C\CCCCCCCC)OC(=O)CCCCCCCCCCCCCCC)OC(=O)CCCCCCC/C=C\C/C=C\CCC. The first-order chi connectivity index (χ1) is 46.7. The fourth-order valence-corrected chi connectivity index (χ4v) is 11.6. The summed E-state index contributed by atoms with van der Waals surface area (Å²) in [6, 6.07) is 0. The van der Waals surface area contributed by atoms with E-state index in [4.69, 9.17) is 37.0 Å². The Morgan fingerprint density at radius 3 is 0.906 bits per heavy atom. The number of carbonyl (C=O) groups is 4. The van der Waals surface area contributed by atoms with Crippen LogP contribution in [-0.4, -0.2) is 96.7 Å². The second-order valence-corrected chi connectivity index (χ2v) is 28.1. The molecule has 3 N–H and O–H groups in total. The van der Waals surface area contributed by atoms with Gasteiger partial charge in [0.2, 0.25) is 0 Å². The van der Waals surface area contributed by atoms with Gasteiger partial charge in [-0.25, -0.2) is 9.13 Å². The minimum atomic E-state index is -4.98. The molecule has 0 aromatic rings. The molecule has 0 amide bonds. The first kappa shape index (κ1) is 92.2. The highest BCUT2D eigenvalue weighted by atomic mass is 31.2. The number of phosphoric acid groups is 2. The van der Waals surface area contributed by atoms with Crippen molar-refractivity contribution in [1.82, 2.24) is 0 Å². The Morgan fingerprint density at radius 2 is 0.562 bits per heavy atom. The fraction of sp³-hybridized carbons (Fsp3) is 0.766. The van der Waals surface area contributed by atoms with Crippen molar-refractivity contribution in [3.05, 3.63) is 85.1 Å². The molecule has 5 unspecified atom stereocenters. The smallest absolute Gasteiger partial charge is 0.462 e. The van der Waals surface area contributed by atoms with Crippen molar-refractivity contribution in [2.75, 3.05) is 39.6 Å². The van der Waals surface area contributed by atoms with Gasteiger partial charge in [0.15, 0.2) is 12.2 Å². The third-order valence-electron chi connectivity index (χ3n) is 15.8.